The predicted molar refractivity (Wildman–Crippen MR) is 62.7 cm³/mol. The van der Waals surface area contributed by atoms with E-state index in [1.807, 2.05) is 0 Å². The molecule has 0 amide bonds. The van der Waals surface area contributed by atoms with E-state index in [0.717, 1.165) is 0 Å². The van der Waals surface area contributed by atoms with E-state index in [-0.39, 0.29) is 11.8 Å². The molecule has 100 valence electrons. The molecule has 6 nitrogen and oxygen atoms in total. The van der Waals surface area contributed by atoms with Crippen LogP contribution in [0, 0.1) is 11.8 Å². The molecule has 0 rings (SSSR count). The molecule has 0 aliphatic heterocycles. The fourth-order valence-corrected chi connectivity index (χ4v) is 0.882. The second-order valence-corrected chi connectivity index (χ2v) is 4.58. The number of hydrogen-bond acceptors (Lipinski definition) is 6. The van der Waals surface area contributed by atoms with Gasteiger partial charge in [0.2, 0.25) is 6.79 Å². The molecule has 0 aliphatic rings. The van der Waals surface area contributed by atoms with Gasteiger partial charge in [-0.05, 0) is 11.8 Å². The molecule has 2 atom stereocenters. The number of nitrogens with two attached hydrogens (primary N) is 2. The smallest absolute Gasteiger partial charge is 0.326 e. The van der Waals surface area contributed by atoms with Gasteiger partial charge in [-0.2, -0.15) is 0 Å². The first-order valence-electron chi connectivity index (χ1n) is 5.61. The molecule has 0 saturated carbocycles. The van der Waals surface area contributed by atoms with Crippen molar-refractivity contribution in [3.05, 3.63) is 0 Å². The number of rotatable bonds is 6. The highest BCUT2D eigenvalue weighted by Crippen LogP contribution is 2.02. The highest BCUT2D eigenvalue weighted by Gasteiger charge is 2.21. The molecule has 0 aromatic rings. The lowest BCUT2D eigenvalue weighted by Crippen LogP contribution is -2.39. The summed E-state index contributed by atoms with van der Waals surface area (Å²) in [5.74, 6) is -1.25. The molecule has 0 saturated heterocycles. The van der Waals surface area contributed by atoms with E-state index in [1.54, 1.807) is 27.7 Å². The zero-order chi connectivity index (χ0) is 13.6. The Morgan fingerprint density at radius 3 is 1.41 bits per heavy atom. The largest absolute Gasteiger partial charge is 0.427 e. The van der Waals surface area contributed by atoms with Crippen LogP contribution in [0.5, 0.6) is 0 Å². The van der Waals surface area contributed by atoms with Crippen LogP contribution in [0.1, 0.15) is 27.7 Å². The molecule has 0 fully saturated rings. The quantitative estimate of drug-likeness (QED) is 0.505. The molecule has 2 unspecified atom stereocenters. The highest BCUT2D eigenvalue weighted by molar-refractivity contribution is 5.77. The Balaban J connectivity index is 3.92. The van der Waals surface area contributed by atoms with E-state index in [2.05, 4.69) is 0 Å². The highest BCUT2D eigenvalue weighted by atomic mass is 16.7. The standard InChI is InChI=1S/C11H22N2O4/c1-6(2)8(12)10(14)16-5-17-11(15)9(13)7(3)4/h6-9H,5,12-13H2,1-4H3. The Morgan fingerprint density at radius 2 is 1.18 bits per heavy atom. The van der Waals surface area contributed by atoms with Gasteiger partial charge in [-0.25, -0.2) is 0 Å². The van der Waals surface area contributed by atoms with Crippen molar-refractivity contribution in [3.63, 3.8) is 0 Å². The van der Waals surface area contributed by atoms with E-state index in [1.165, 1.54) is 0 Å². The summed E-state index contributed by atoms with van der Waals surface area (Å²) < 4.78 is 9.41. The third-order valence-electron chi connectivity index (χ3n) is 2.38. The molecule has 6 heteroatoms. The maximum atomic E-state index is 11.3. The van der Waals surface area contributed by atoms with Crippen molar-refractivity contribution >= 4 is 11.9 Å². The first-order chi connectivity index (χ1) is 7.77. The lowest BCUT2D eigenvalue weighted by atomic mass is 10.1. The Labute approximate surface area is 102 Å². The van der Waals surface area contributed by atoms with E-state index in [4.69, 9.17) is 20.9 Å². The van der Waals surface area contributed by atoms with Crippen molar-refractivity contribution in [2.75, 3.05) is 6.79 Å². The van der Waals surface area contributed by atoms with Crippen LogP contribution in [-0.2, 0) is 19.1 Å². The van der Waals surface area contributed by atoms with Gasteiger partial charge in [0.25, 0.3) is 0 Å². The lowest BCUT2D eigenvalue weighted by Gasteiger charge is -2.16. The number of carbonyl (C=O) groups excluding carboxylic acids is 2. The second-order valence-electron chi connectivity index (χ2n) is 4.58. The first-order valence-corrected chi connectivity index (χ1v) is 5.61. The van der Waals surface area contributed by atoms with E-state index in [0.29, 0.717) is 0 Å². The van der Waals surface area contributed by atoms with Gasteiger partial charge in [-0.15, -0.1) is 0 Å². The van der Waals surface area contributed by atoms with Crippen molar-refractivity contribution < 1.29 is 19.1 Å². The van der Waals surface area contributed by atoms with Gasteiger partial charge in [-0.3, -0.25) is 9.59 Å². The first kappa shape index (κ1) is 15.9. The summed E-state index contributed by atoms with van der Waals surface area (Å²) in [5, 5.41) is 0. The zero-order valence-corrected chi connectivity index (χ0v) is 10.8. The number of carbonyl (C=O) groups is 2. The minimum absolute atomic E-state index is 0.0314. The van der Waals surface area contributed by atoms with Gasteiger partial charge in [0.1, 0.15) is 12.1 Å². The summed E-state index contributed by atoms with van der Waals surface area (Å²) in [5.41, 5.74) is 11.1. The third-order valence-corrected chi connectivity index (χ3v) is 2.38. The molecule has 0 aliphatic carbocycles. The van der Waals surface area contributed by atoms with E-state index >= 15 is 0 Å². The maximum absolute atomic E-state index is 11.3. The van der Waals surface area contributed by atoms with Gasteiger partial charge >= 0.3 is 11.9 Å². The van der Waals surface area contributed by atoms with Gasteiger partial charge in [0.15, 0.2) is 0 Å². The van der Waals surface area contributed by atoms with Crippen molar-refractivity contribution in [3.8, 4) is 0 Å². The summed E-state index contributed by atoms with van der Waals surface area (Å²) >= 11 is 0. The monoisotopic (exact) mass is 246 g/mol. The fourth-order valence-electron chi connectivity index (χ4n) is 0.882. The minimum atomic E-state index is -0.715. The molecule has 0 heterocycles. The van der Waals surface area contributed by atoms with E-state index < -0.39 is 30.8 Å². The molecule has 0 aromatic carbocycles. The van der Waals surface area contributed by atoms with Crippen LogP contribution in [0.3, 0.4) is 0 Å². The van der Waals surface area contributed by atoms with Gasteiger partial charge in [0, 0.05) is 0 Å². The topological polar surface area (TPSA) is 105 Å². The van der Waals surface area contributed by atoms with Crippen molar-refractivity contribution in [1.82, 2.24) is 0 Å². The van der Waals surface area contributed by atoms with Crippen LogP contribution in [0.15, 0.2) is 0 Å². The Kier molecular flexibility index (Phi) is 6.75. The molecular weight excluding hydrogens is 224 g/mol. The SMILES string of the molecule is CC(C)C(N)C(=O)OCOC(=O)C(N)C(C)C. The zero-order valence-electron chi connectivity index (χ0n) is 10.8. The van der Waals surface area contributed by atoms with Gasteiger partial charge in [-0.1, -0.05) is 27.7 Å². The maximum Gasteiger partial charge on any atom is 0.326 e. The third kappa shape index (κ3) is 5.65. The van der Waals surface area contributed by atoms with Gasteiger partial charge < -0.3 is 20.9 Å². The van der Waals surface area contributed by atoms with Gasteiger partial charge in [0.05, 0.1) is 0 Å². The molecular formula is C11H22N2O4. The van der Waals surface area contributed by atoms with Crippen LogP contribution in [0.25, 0.3) is 0 Å². The summed E-state index contributed by atoms with van der Waals surface area (Å²) in [6, 6.07) is -1.43. The van der Waals surface area contributed by atoms with Crippen LogP contribution in [0.2, 0.25) is 0 Å². The molecule has 0 spiro atoms. The fraction of sp³-hybridized carbons (Fsp3) is 0.818. The molecule has 0 radical (unpaired) electrons. The summed E-state index contributed by atoms with van der Waals surface area (Å²) in [7, 11) is 0. The summed E-state index contributed by atoms with van der Waals surface area (Å²) in [4.78, 5) is 22.6. The predicted octanol–water partition coefficient (Wildman–Crippen LogP) is -0.00310. The van der Waals surface area contributed by atoms with Crippen LogP contribution in [-0.4, -0.2) is 30.8 Å². The number of hydrogen-bond donors (Lipinski definition) is 2. The molecule has 4 N–H and O–H groups in total. The minimum Gasteiger partial charge on any atom is -0.427 e. The Morgan fingerprint density at radius 1 is 0.882 bits per heavy atom. The second kappa shape index (κ2) is 7.24. The number of ether oxygens (including phenoxy) is 2. The molecule has 0 aromatic heterocycles. The van der Waals surface area contributed by atoms with Crippen molar-refractivity contribution in [1.29, 1.82) is 0 Å². The lowest BCUT2D eigenvalue weighted by molar-refractivity contribution is -0.170. The summed E-state index contributed by atoms with van der Waals surface area (Å²) in [6.07, 6.45) is 0. The van der Waals surface area contributed by atoms with Crippen molar-refractivity contribution in [2.24, 2.45) is 23.3 Å². The van der Waals surface area contributed by atoms with Crippen LogP contribution >= 0.6 is 0 Å². The average molecular weight is 246 g/mol. The summed E-state index contributed by atoms with van der Waals surface area (Å²) in [6.45, 7) is 6.75. The average Bonchev–Trinajstić information content (AvgIpc) is 2.26. The Bertz CT molecular complexity index is 240. The van der Waals surface area contributed by atoms with Crippen LogP contribution < -0.4 is 11.5 Å². The van der Waals surface area contributed by atoms with E-state index in [9.17, 15) is 9.59 Å². The molecule has 0 bridgehead atoms. The van der Waals surface area contributed by atoms with Crippen LogP contribution in [0.4, 0.5) is 0 Å². The Hall–Kier alpha value is -1.14. The molecule has 17 heavy (non-hydrogen) atoms. The normalized spacial score (nSPS) is 14.6. The number of esters is 2. The van der Waals surface area contributed by atoms with Crippen molar-refractivity contribution in [2.45, 2.75) is 39.8 Å².